The number of benzene rings is 1. The first kappa shape index (κ1) is 20.5. The van der Waals surface area contributed by atoms with Crippen LogP contribution in [-0.4, -0.2) is 33.8 Å². The molecule has 1 aromatic carbocycles. The highest BCUT2D eigenvalue weighted by Gasteiger charge is 2.45. The Bertz CT molecular complexity index is 836. The molecule has 2 aromatic rings. The first-order chi connectivity index (χ1) is 13.5. The number of hydrogen-bond donors (Lipinski definition) is 0. The number of halogens is 3. The summed E-state index contributed by atoms with van der Waals surface area (Å²) >= 11 is 20.5. The van der Waals surface area contributed by atoms with Gasteiger partial charge in [0, 0.05) is 17.6 Å². The average molecular weight is 458 g/mol. The molecule has 4 nitrogen and oxygen atoms in total. The monoisotopic (exact) mass is 456 g/mol. The second-order valence-electron chi connectivity index (χ2n) is 7.55. The Hall–Kier alpha value is -0.750. The van der Waals surface area contributed by atoms with Gasteiger partial charge >= 0.3 is 0 Å². The Balaban J connectivity index is 1.79. The van der Waals surface area contributed by atoms with E-state index in [1.807, 2.05) is 6.26 Å². The number of rotatable bonds is 8. The smallest absolute Gasteiger partial charge is 0.230 e. The van der Waals surface area contributed by atoms with E-state index in [1.165, 1.54) is 37.4 Å². The molecular weight excluding hydrogens is 435 g/mol. The molecule has 2 fully saturated rings. The Kier molecular flexibility index (Phi) is 6.26. The lowest BCUT2D eigenvalue weighted by atomic mass is 10.1. The Morgan fingerprint density at radius 2 is 1.64 bits per heavy atom. The minimum Gasteiger partial charge on any atom is -0.337 e. The van der Waals surface area contributed by atoms with E-state index >= 15 is 0 Å². The quantitative estimate of drug-likeness (QED) is 0.416. The minimum absolute atomic E-state index is 0.449. The van der Waals surface area contributed by atoms with E-state index in [0.29, 0.717) is 37.7 Å². The van der Waals surface area contributed by atoms with Gasteiger partial charge in [0.05, 0.1) is 15.6 Å². The second-order valence-corrected chi connectivity index (χ2v) is 9.57. The number of anilines is 1. The lowest BCUT2D eigenvalue weighted by Gasteiger charge is -2.32. The van der Waals surface area contributed by atoms with E-state index in [9.17, 15) is 0 Å². The van der Waals surface area contributed by atoms with Crippen LogP contribution in [-0.2, 0) is 0 Å². The molecule has 2 saturated carbocycles. The maximum absolute atomic E-state index is 6.45. The summed E-state index contributed by atoms with van der Waals surface area (Å²) in [5.41, 5.74) is 0.609. The fourth-order valence-electron chi connectivity index (χ4n) is 3.83. The minimum atomic E-state index is 0.449. The van der Waals surface area contributed by atoms with E-state index in [2.05, 4.69) is 16.8 Å². The zero-order valence-electron chi connectivity index (χ0n) is 16.0. The molecule has 8 heteroatoms. The van der Waals surface area contributed by atoms with Crippen LogP contribution >= 0.6 is 46.6 Å². The van der Waals surface area contributed by atoms with Gasteiger partial charge in [0.1, 0.15) is 0 Å². The molecule has 2 aliphatic rings. The maximum atomic E-state index is 6.45. The lowest BCUT2D eigenvalue weighted by Crippen LogP contribution is -2.40. The third-order valence-corrected chi connectivity index (χ3v) is 6.67. The fourth-order valence-corrected chi connectivity index (χ4v) is 5.16. The van der Waals surface area contributed by atoms with Gasteiger partial charge < -0.3 is 4.90 Å². The van der Waals surface area contributed by atoms with Crippen molar-refractivity contribution in [2.75, 3.05) is 17.7 Å². The van der Waals surface area contributed by atoms with Crippen LogP contribution in [0.15, 0.2) is 17.3 Å². The van der Waals surface area contributed by atoms with Crippen LogP contribution in [0.4, 0.5) is 5.95 Å². The summed E-state index contributed by atoms with van der Waals surface area (Å²) in [5.74, 6) is 2.77. The molecule has 0 bridgehead atoms. The van der Waals surface area contributed by atoms with Gasteiger partial charge in [-0.1, -0.05) is 53.5 Å². The van der Waals surface area contributed by atoms with Gasteiger partial charge in [-0.2, -0.15) is 9.97 Å². The third kappa shape index (κ3) is 4.38. The molecule has 1 aromatic heterocycles. The molecule has 1 heterocycles. The van der Waals surface area contributed by atoms with Gasteiger partial charge in [-0.25, -0.2) is 4.98 Å². The zero-order chi connectivity index (χ0) is 19.8. The topological polar surface area (TPSA) is 41.9 Å². The SMILES string of the molecule is CCCN(c1nc(SC)nc(-c2c(Cl)cc(Cl)cc2Cl)n1)C(C1CC1)C1CC1. The Labute approximate surface area is 185 Å². The van der Waals surface area contributed by atoms with Gasteiger partial charge in [0.25, 0.3) is 0 Å². The molecule has 0 amide bonds. The molecule has 0 N–H and O–H groups in total. The predicted molar refractivity (Wildman–Crippen MR) is 119 cm³/mol. The van der Waals surface area contributed by atoms with Crippen molar-refractivity contribution in [3.05, 3.63) is 27.2 Å². The first-order valence-corrected chi connectivity index (χ1v) is 12.1. The van der Waals surface area contributed by atoms with Gasteiger partial charge in [-0.15, -0.1) is 0 Å². The van der Waals surface area contributed by atoms with Crippen molar-refractivity contribution >= 4 is 52.5 Å². The molecule has 0 saturated heterocycles. The van der Waals surface area contributed by atoms with Crippen molar-refractivity contribution in [2.45, 2.75) is 50.2 Å². The van der Waals surface area contributed by atoms with E-state index in [0.717, 1.165) is 30.7 Å². The molecule has 0 spiro atoms. The van der Waals surface area contributed by atoms with Crippen molar-refractivity contribution in [1.29, 1.82) is 0 Å². The number of thioether (sulfide) groups is 1. The molecule has 28 heavy (non-hydrogen) atoms. The Morgan fingerprint density at radius 3 is 2.14 bits per heavy atom. The fraction of sp³-hybridized carbons (Fsp3) is 0.550. The molecule has 2 aliphatic carbocycles. The Morgan fingerprint density at radius 1 is 1.04 bits per heavy atom. The van der Waals surface area contributed by atoms with Crippen LogP contribution in [0.25, 0.3) is 11.4 Å². The number of hydrogen-bond acceptors (Lipinski definition) is 5. The van der Waals surface area contributed by atoms with Crippen LogP contribution < -0.4 is 4.90 Å². The number of nitrogens with zero attached hydrogens (tertiary/aromatic N) is 4. The van der Waals surface area contributed by atoms with Crippen LogP contribution in [0.5, 0.6) is 0 Å². The van der Waals surface area contributed by atoms with Gasteiger partial charge in [-0.3, -0.25) is 0 Å². The molecule has 150 valence electrons. The van der Waals surface area contributed by atoms with E-state index in [-0.39, 0.29) is 0 Å². The van der Waals surface area contributed by atoms with E-state index in [4.69, 9.17) is 44.8 Å². The highest BCUT2D eigenvalue weighted by Crippen LogP contribution is 2.48. The summed E-state index contributed by atoms with van der Waals surface area (Å²) in [6.07, 6.45) is 8.26. The second kappa shape index (κ2) is 8.55. The first-order valence-electron chi connectivity index (χ1n) is 9.73. The lowest BCUT2D eigenvalue weighted by molar-refractivity contribution is 0.467. The third-order valence-electron chi connectivity index (χ3n) is 5.31. The van der Waals surface area contributed by atoms with Crippen LogP contribution in [0, 0.1) is 11.8 Å². The van der Waals surface area contributed by atoms with Crippen LogP contribution in [0.2, 0.25) is 15.1 Å². The summed E-state index contributed by atoms with van der Waals surface area (Å²) in [5, 5.41) is 2.07. The summed E-state index contributed by atoms with van der Waals surface area (Å²) in [4.78, 5) is 16.6. The molecule has 0 unspecified atom stereocenters. The summed E-state index contributed by atoms with van der Waals surface area (Å²) < 4.78 is 0. The van der Waals surface area contributed by atoms with Crippen molar-refractivity contribution in [1.82, 2.24) is 15.0 Å². The summed E-state index contributed by atoms with van der Waals surface area (Å²) in [7, 11) is 0. The van der Waals surface area contributed by atoms with E-state index < -0.39 is 0 Å². The highest BCUT2D eigenvalue weighted by atomic mass is 35.5. The maximum Gasteiger partial charge on any atom is 0.230 e. The van der Waals surface area contributed by atoms with Crippen molar-refractivity contribution < 1.29 is 0 Å². The standard InChI is InChI=1S/C20H23Cl3N4S/c1-3-8-27(17(11-4-5-11)12-6-7-12)19-24-18(25-20(26-19)28-2)16-14(22)9-13(21)10-15(16)23/h9-12,17H,3-8H2,1-2H3. The molecule has 0 aliphatic heterocycles. The van der Waals surface area contributed by atoms with Gasteiger partial charge in [0.15, 0.2) is 11.0 Å². The summed E-state index contributed by atoms with van der Waals surface area (Å²) in [6.45, 7) is 3.14. The zero-order valence-corrected chi connectivity index (χ0v) is 19.0. The molecule has 0 radical (unpaired) electrons. The van der Waals surface area contributed by atoms with Gasteiger partial charge in [-0.05, 0) is 62.3 Å². The molecule has 0 atom stereocenters. The highest BCUT2D eigenvalue weighted by molar-refractivity contribution is 7.98. The van der Waals surface area contributed by atoms with Crippen molar-refractivity contribution in [2.24, 2.45) is 11.8 Å². The average Bonchev–Trinajstić information content (AvgIpc) is 3.54. The largest absolute Gasteiger partial charge is 0.337 e. The summed E-state index contributed by atoms with van der Waals surface area (Å²) in [6, 6.07) is 3.88. The predicted octanol–water partition coefficient (Wildman–Crippen LogP) is 6.63. The van der Waals surface area contributed by atoms with Crippen LogP contribution in [0.1, 0.15) is 39.0 Å². The molecule has 4 rings (SSSR count). The van der Waals surface area contributed by atoms with Crippen molar-refractivity contribution in [3.63, 3.8) is 0 Å². The van der Waals surface area contributed by atoms with Crippen molar-refractivity contribution in [3.8, 4) is 11.4 Å². The van der Waals surface area contributed by atoms with E-state index in [1.54, 1.807) is 12.1 Å². The van der Waals surface area contributed by atoms with Crippen LogP contribution in [0.3, 0.4) is 0 Å². The van der Waals surface area contributed by atoms with Gasteiger partial charge in [0.2, 0.25) is 5.95 Å². The number of aromatic nitrogens is 3. The normalized spacial score (nSPS) is 16.6. The molecular formula is C20H23Cl3N4S.